The number of imidazole rings is 1. The minimum atomic E-state index is 0.279. The molecule has 1 atom stereocenters. The van der Waals surface area contributed by atoms with Crippen molar-refractivity contribution in [2.75, 3.05) is 0 Å². The predicted octanol–water partition coefficient (Wildman–Crippen LogP) is 2.10. The van der Waals surface area contributed by atoms with Crippen molar-refractivity contribution in [2.24, 2.45) is 5.16 Å². The van der Waals surface area contributed by atoms with E-state index in [9.17, 15) is 0 Å². The summed E-state index contributed by atoms with van der Waals surface area (Å²) >= 11 is 0. The maximum Gasteiger partial charge on any atom is 0.139 e. The molecule has 0 radical (unpaired) electrons. The molecule has 24 heavy (non-hydrogen) atoms. The lowest BCUT2D eigenvalue weighted by Crippen LogP contribution is -2.23. The van der Waals surface area contributed by atoms with Gasteiger partial charge in [-0.15, -0.1) is 0 Å². The molecule has 0 aromatic carbocycles. The molecule has 5 heterocycles. The molecule has 0 saturated heterocycles. The van der Waals surface area contributed by atoms with E-state index < -0.39 is 0 Å². The number of aromatic amines is 1. The van der Waals surface area contributed by atoms with Crippen LogP contribution in [-0.2, 0) is 13.0 Å². The van der Waals surface area contributed by atoms with Gasteiger partial charge in [0.1, 0.15) is 16.9 Å². The second-order valence-electron chi connectivity index (χ2n) is 6.06. The fraction of sp³-hybridized carbons (Fsp3) is 0.250. The van der Waals surface area contributed by atoms with E-state index in [1.54, 1.807) is 0 Å². The highest BCUT2D eigenvalue weighted by Gasteiger charge is 2.23. The van der Waals surface area contributed by atoms with Crippen molar-refractivity contribution in [3.05, 3.63) is 42.2 Å². The third kappa shape index (κ3) is 1.86. The lowest BCUT2D eigenvalue weighted by atomic mass is 10.0. The Labute approximate surface area is 136 Å². The van der Waals surface area contributed by atoms with Crippen LogP contribution in [0.5, 0.6) is 0 Å². The Kier molecular flexibility index (Phi) is 2.72. The van der Waals surface area contributed by atoms with Crippen LogP contribution in [0.15, 0.2) is 36.0 Å². The fourth-order valence-electron chi connectivity index (χ4n) is 3.60. The Morgan fingerprint density at radius 2 is 2.33 bits per heavy atom. The van der Waals surface area contributed by atoms with E-state index in [-0.39, 0.29) is 6.04 Å². The Morgan fingerprint density at radius 3 is 3.25 bits per heavy atom. The van der Waals surface area contributed by atoms with Gasteiger partial charge >= 0.3 is 0 Å². The molecule has 4 aromatic rings. The molecule has 0 amide bonds. The summed E-state index contributed by atoms with van der Waals surface area (Å²) in [6.07, 6.45) is 8.92. The molecule has 0 aliphatic carbocycles. The zero-order valence-electron chi connectivity index (χ0n) is 12.8. The molecule has 0 bridgehead atoms. The number of hydrogen-bond acceptors (Lipinski definition) is 5. The molecule has 4 aromatic heterocycles. The summed E-state index contributed by atoms with van der Waals surface area (Å²) in [6, 6.07) is 4.29. The van der Waals surface area contributed by atoms with E-state index >= 15 is 0 Å². The SMILES string of the molecule is O/N=C/c1cc2n(n1)CC(n1cnc3cnc4[nH]ccc4c31)CC2. The predicted molar refractivity (Wildman–Crippen MR) is 88.4 cm³/mol. The number of nitrogens with zero attached hydrogens (tertiary/aromatic N) is 6. The van der Waals surface area contributed by atoms with Gasteiger partial charge in [-0.3, -0.25) is 4.68 Å². The summed E-state index contributed by atoms with van der Waals surface area (Å²) in [5.41, 5.74) is 4.74. The first kappa shape index (κ1) is 13.3. The molecule has 1 aliphatic rings. The lowest BCUT2D eigenvalue weighted by Gasteiger charge is -2.25. The van der Waals surface area contributed by atoms with Crippen molar-refractivity contribution in [3.8, 4) is 0 Å². The Hall–Kier alpha value is -3.16. The third-order valence-corrected chi connectivity index (χ3v) is 4.70. The third-order valence-electron chi connectivity index (χ3n) is 4.70. The number of H-pyrrole nitrogens is 1. The average Bonchev–Trinajstić information content (AvgIpc) is 3.30. The van der Waals surface area contributed by atoms with Gasteiger partial charge in [-0.2, -0.15) is 5.10 Å². The lowest BCUT2D eigenvalue weighted by molar-refractivity contribution is 0.321. The van der Waals surface area contributed by atoms with Gasteiger partial charge in [0, 0.05) is 17.3 Å². The Bertz CT molecular complexity index is 1070. The van der Waals surface area contributed by atoms with Gasteiger partial charge in [0.2, 0.25) is 0 Å². The van der Waals surface area contributed by atoms with E-state index in [1.165, 1.54) is 11.9 Å². The van der Waals surface area contributed by atoms with Gasteiger partial charge in [0.15, 0.2) is 0 Å². The summed E-state index contributed by atoms with van der Waals surface area (Å²) in [4.78, 5) is 12.1. The Morgan fingerprint density at radius 1 is 1.38 bits per heavy atom. The topological polar surface area (TPSA) is 96.9 Å². The van der Waals surface area contributed by atoms with Crippen molar-refractivity contribution in [1.29, 1.82) is 0 Å². The minimum absolute atomic E-state index is 0.279. The first-order valence-corrected chi connectivity index (χ1v) is 7.86. The van der Waals surface area contributed by atoms with E-state index in [2.05, 4.69) is 29.8 Å². The molecule has 8 nitrogen and oxygen atoms in total. The monoisotopic (exact) mass is 321 g/mol. The number of pyridine rings is 1. The number of rotatable bonds is 2. The summed E-state index contributed by atoms with van der Waals surface area (Å²) in [5.74, 6) is 0. The van der Waals surface area contributed by atoms with Gasteiger partial charge in [0.25, 0.3) is 0 Å². The molecule has 2 N–H and O–H groups in total. The van der Waals surface area contributed by atoms with Crippen LogP contribution < -0.4 is 0 Å². The molecule has 8 heteroatoms. The van der Waals surface area contributed by atoms with Crippen LogP contribution in [0.4, 0.5) is 0 Å². The average molecular weight is 321 g/mol. The van der Waals surface area contributed by atoms with E-state index in [0.717, 1.165) is 41.5 Å². The molecule has 0 fully saturated rings. The van der Waals surface area contributed by atoms with Crippen molar-refractivity contribution < 1.29 is 5.21 Å². The van der Waals surface area contributed by atoms with Gasteiger partial charge in [-0.1, -0.05) is 5.16 Å². The van der Waals surface area contributed by atoms with Gasteiger partial charge < -0.3 is 14.8 Å². The largest absolute Gasteiger partial charge is 0.411 e. The minimum Gasteiger partial charge on any atom is -0.411 e. The second-order valence-corrected chi connectivity index (χ2v) is 6.06. The highest BCUT2D eigenvalue weighted by Crippen LogP contribution is 2.30. The number of nitrogens with one attached hydrogen (secondary N) is 1. The first-order chi connectivity index (χ1) is 11.8. The number of fused-ring (bicyclic) bond motifs is 4. The number of hydrogen-bond donors (Lipinski definition) is 2. The first-order valence-electron chi connectivity index (χ1n) is 7.86. The Balaban J connectivity index is 1.59. The van der Waals surface area contributed by atoms with Crippen molar-refractivity contribution in [2.45, 2.75) is 25.4 Å². The van der Waals surface area contributed by atoms with Crippen LogP contribution in [-0.4, -0.2) is 40.7 Å². The van der Waals surface area contributed by atoms with Crippen molar-refractivity contribution in [1.82, 2.24) is 29.3 Å². The van der Waals surface area contributed by atoms with Crippen molar-refractivity contribution >= 4 is 28.3 Å². The second kappa shape index (κ2) is 4.92. The highest BCUT2D eigenvalue weighted by molar-refractivity contribution is 6.00. The summed E-state index contributed by atoms with van der Waals surface area (Å²) in [7, 11) is 0. The maximum atomic E-state index is 8.68. The van der Waals surface area contributed by atoms with Crippen LogP contribution in [0.2, 0.25) is 0 Å². The summed E-state index contributed by atoms with van der Waals surface area (Å²) in [6.45, 7) is 0.772. The van der Waals surface area contributed by atoms with Gasteiger partial charge in [0.05, 0.1) is 36.8 Å². The quantitative estimate of drug-likeness (QED) is 0.336. The van der Waals surface area contributed by atoms with Crippen LogP contribution in [0.3, 0.4) is 0 Å². The van der Waals surface area contributed by atoms with Crippen LogP contribution in [0.25, 0.3) is 22.1 Å². The summed E-state index contributed by atoms with van der Waals surface area (Å²) < 4.78 is 4.23. The van der Waals surface area contributed by atoms with E-state index in [1.807, 2.05) is 35.5 Å². The smallest absolute Gasteiger partial charge is 0.139 e. The van der Waals surface area contributed by atoms with Crippen LogP contribution in [0.1, 0.15) is 23.9 Å². The molecular weight excluding hydrogens is 306 g/mol. The van der Waals surface area contributed by atoms with Crippen LogP contribution in [0, 0.1) is 0 Å². The molecule has 0 spiro atoms. The van der Waals surface area contributed by atoms with E-state index in [0.29, 0.717) is 5.69 Å². The zero-order valence-corrected chi connectivity index (χ0v) is 12.8. The van der Waals surface area contributed by atoms with Gasteiger partial charge in [-0.25, -0.2) is 9.97 Å². The number of aryl methyl sites for hydroxylation is 1. The fourth-order valence-corrected chi connectivity index (χ4v) is 3.60. The standard InChI is InChI=1S/C16H15N7O/c24-20-6-10-5-11-1-2-12(8-23(11)21-10)22-9-19-14-7-18-16-13(15(14)22)3-4-17-16/h3-7,9,12,24H,1-2,8H2,(H,17,18)/b20-6+. The molecule has 120 valence electrons. The normalized spacial score (nSPS) is 17.9. The number of oxime groups is 1. The molecular formula is C16H15N7O. The van der Waals surface area contributed by atoms with Gasteiger partial charge in [-0.05, 0) is 25.0 Å². The highest BCUT2D eigenvalue weighted by atomic mass is 16.4. The van der Waals surface area contributed by atoms with E-state index in [4.69, 9.17) is 5.21 Å². The maximum absolute atomic E-state index is 8.68. The van der Waals surface area contributed by atoms with Crippen LogP contribution >= 0.6 is 0 Å². The number of aromatic nitrogens is 6. The molecule has 5 rings (SSSR count). The van der Waals surface area contributed by atoms with Crippen molar-refractivity contribution in [3.63, 3.8) is 0 Å². The molecule has 1 unspecified atom stereocenters. The molecule has 0 saturated carbocycles. The zero-order chi connectivity index (χ0) is 16.1. The molecule has 1 aliphatic heterocycles. The summed E-state index contributed by atoms with van der Waals surface area (Å²) in [5, 5.41) is 17.3.